The Morgan fingerprint density at radius 2 is 1.49 bits per heavy atom. The molecule has 1 N–H and O–H groups in total. The molecule has 196 valence electrons. The van der Waals surface area contributed by atoms with Crippen molar-refractivity contribution in [1.82, 2.24) is 10.2 Å². The molecule has 0 saturated heterocycles. The van der Waals surface area contributed by atoms with Gasteiger partial charge in [0.05, 0.1) is 10.6 Å². The molecule has 9 heteroatoms. The Bertz CT molecular complexity index is 1310. The second-order valence-electron chi connectivity index (χ2n) is 9.15. The molecule has 0 aliphatic heterocycles. The Morgan fingerprint density at radius 1 is 0.892 bits per heavy atom. The van der Waals surface area contributed by atoms with E-state index in [1.54, 1.807) is 37.3 Å². The maximum absolute atomic E-state index is 13.8. The monoisotopic (exact) mass is 541 g/mol. The first kappa shape index (κ1) is 28.2. The normalized spacial score (nSPS) is 12.2. The fraction of sp³-hybridized carbons (Fsp3) is 0.286. The van der Waals surface area contributed by atoms with Gasteiger partial charge in [0.1, 0.15) is 12.6 Å². The van der Waals surface area contributed by atoms with E-state index in [1.807, 2.05) is 45.0 Å². The predicted molar refractivity (Wildman–Crippen MR) is 147 cm³/mol. The number of carbonyl (C=O) groups excluding carboxylic acids is 2. The van der Waals surface area contributed by atoms with Crippen LogP contribution in [0.15, 0.2) is 83.8 Å². The molecule has 0 radical (unpaired) electrons. The fourth-order valence-corrected chi connectivity index (χ4v) is 5.27. The Morgan fingerprint density at radius 3 is 2.05 bits per heavy atom. The summed E-state index contributed by atoms with van der Waals surface area (Å²) in [7, 11) is -4.12. The van der Waals surface area contributed by atoms with Crippen LogP contribution in [0.1, 0.15) is 31.9 Å². The second kappa shape index (κ2) is 12.3. The zero-order valence-corrected chi connectivity index (χ0v) is 23.0. The minimum Gasteiger partial charge on any atom is -0.352 e. The zero-order chi connectivity index (χ0) is 27.2. The van der Waals surface area contributed by atoms with Gasteiger partial charge in [0, 0.05) is 17.6 Å². The molecule has 37 heavy (non-hydrogen) atoms. The lowest BCUT2D eigenvalue weighted by Gasteiger charge is -2.32. The van der Waals surface area contributed by atoms with Gasteiger partial charge in [-0.1, -0.05) is 59.6 Å². The number of sulfonamides is 1. The van der Waals surface area contributed by atoms with Crippen LogP contribution in [-0.4, -0.2) is 43.8 Å². The third-order valence-electron chi connectivity index (χ3n) is 5.80. The van der Waals surface area contributed by atoms with E-state index >= 15 is 0 Å². The summed E-state index contributed by atoms with van der Waals surface area (Å²) in [5, 5.41) is 3.24. The third-order valence-corrected chi connectivity index (χ3v) is 7.84. The highest BCUT2D eigenvalue weighted by atomic mass is 35.5. The van der Waals surface area contributed by atoms with Crippen LogP contribution in [0.2, 0.25) is 5.02 Å². The van der Waals surface area contributed by atoms with Crippen molar-refractivity contribution in [3.05, 3.63) is 95.0 Å². The topological polar surface area (TPSA) is 86.8 Å². The van der Waals surface area contributed by atoms with Gasteiger partial charge in [-0.05, 0) is 69.7 Å². The quantitative estimate of drug-likeness (QED) is 0.400. The summed E-state index contributed by atoms with van der Waals surface area (Å²) in [4.78, 5) is 28.1. The van der Waals surface area contributed by atoms with Gasteiger partial charge in [-0.15, -0.1) is 0 Å². The van der Waals surface area contributed by atoms with Crippen LogP contribution in [0.5, 0.6) is 0 Å². The highest BCUT2D eigenvalue weighted by Gasteiger charge is 2.32. The maximum atomic E-state index is 13.8. The van der Waals surface area contributed by atoms with Gasteiger partial charge in [-0.2, -0.15) is 0 Å². The van der Waals surface area contributed by atoms with E-state index in [0.717, 1.165) is 15.4 Å². The number of para-hydroxylation sites is 1. The molecule has 0 aliphatic rings. The summed E-state index contributed by atoms with van der Waals surface area (Å²) in [5.74, 6) is -0.823. The summed E-state index contributed by atoms with van der Waals surface area (Å²) in [5.41, 5.74) is 2.23. The fourth-order valence-electron chi connectivity index (χ4n) is 3.73. The maximum Gasteiger partial charge on any atom is 0.264 e. The first-order valence-electron chi connectivity index (χ1n) is 12.0. The third kappa shape index (κ3) is 7.33. The van der Waals surface area contributed by atoms with Crippen LogP contribution in [0.25, 0.3) is 0 Å². The average Bonchev–Trinajstić information content (AvgIpc) is 2.86. The smallest absolute Gasteiger partial charge is 0.264 e. The molecule has 7 nitrogen and oxygen atoms in total. The molecule has 0 aromatic heterocycles. The minimum absolute atomic E-state index is 0.00392. The number of hydrogen-bond acceptors (Lipinski definition) is 4. The molecule has 3 aromatic carbocycles. The molecule has 0 heterocycles. The number of halogens is 1. The number of benzene rings is 3. The van der Waals surface area contributed by atoms with E-state index in [9.17, 15) is 18.0 Å². The van der Waals surface area contributed by atoms with E-state index in [-0.39, 0.29) is 23.4 Å². The molecule has 0 spiro atoms. The molecular weight excluding hydrogens is 510 g/mol. The lowest BCUT2D eigenvalue weighted by molar-refractivity contribution is -0.139. The summed E-state index contributed by atoms with van der Waals surface area (Å²) < 4.78 is 28.4. The van der Waals surface area contributed by atoms with Crippen LogP contribution in [0, 0.1) is 6.92 Å². The largest absolute Gasteiger partial charge is 0.352 e. The van der Waals surface area contributed by atoms with E-state index in [2.05, 4.69) is 5.32 Å². The lowest BCUT2D eigenvalue weighted by Crippen LogP contribution is -2.52. The molecule has 1 atom stereocenters. The van der Waals surface area contributed by atoms with Gasteiger partial charge in [0.25, 0.3) is 10.0 Å². The van der Waals surface area contributed by atoms with E-state index in [4.69, 9.17) is 11.6 Å². The number of hydrogen-bond donors (Lipinski definition) is 1. The summed E-state index contributed by atoms with van der Waals surface area (Å²) in [6.45, 7) is 6.95. The Balaban J connectivity index is 1.99. The molecule has 0 saturated carbocycles. The summed E-state index contributed by atoms with van der Waals surface area (Å²) in [6, 6.07) is 20.9. The van der Waals surface area contributed by atoms with Gasteiger partial charge in [-0.3, -0.25) is 13.9 Å². The van der Waals surface area contributed by atoms with Crippen molar-refractivity contribution < 1.29 is 18.0 Å². The van der Waals surface area contributed by atoms with E-state index in [0.29, 0.717) is 10.7 Å². The Labute approximate surface area is 224 Å². The van der Waals surface area contributed by atoms with Gasteiger partial charge in [0.2, 0.25) is 11.8 Å². The van der Waals surface area contributed by atoms with Gasteiger partial charge in [0.15, 0.2) is 0 Å². The highest BCUT2D eigenvalue weighted by molar-refractivity contribution is 7.92. The molecule has 3 rings (SSSR count). The Hall–Kier alpha value is -3.36. The van der Waals surface area contributed by atoms with E-state index in [1.165, 1.54) is 29.2 Å². The predicted octanol–water partition coefficient (Wildman–Crippen LogP) is 4.79. The number of rotatable bonds is 10. The molecular formula is C28H32ClN3O4S. The lowest BCUT2D eigenvalue weighted by atomic mass is 10.1. The van der Waals surface area contributed by atoms with Crippen molar-refractivity contribution in [2.24, 2.45) is 0 Å². The second-order valence-corrected chi connectivity index (χ2v) is 11.4. The van der Waals surface area contributed by atoms with Crippen molar-refractivity contribution in [3.8, 4) is 0 Å². The average molecular weight is 542 g/mol. The molecule has 2 amide bonds. The standard InChI is InChI=1S/C28H32ClN3O4S/c1-20(2)30-28(34)22(4)31(18-23-12-10-21(3)11-13-23)27(33)19-32(25-8-6-5-7-9-25)37(35,36)26-16-14-24(29)15-17-26/h5-17,20,22H,18-19H2,1-4H3,(H,30,34)/t22-/m0/s1. The highest BCUT2D eigenvalue weighted by Crippen LogP contribution is 2.25. The number of nitrogens with zero attached hydrogens (tertiary/aromatic N) is 2. The minimum atomic E-state index is -4.12. The van der Waals surface area contributed by atoms with E-state index < -0.39 is 28.5 Å². The summed E-state index contributed by atoms with van der Waals surface area (Å²) >= 11 is 5.96. The van der Waals surface area contributed by atoms with Crippen LogP contribution in [-0.2, 0) is 26.2 Å². The number of carbonyl (C=O) groups is 2. The van der Waals surface area contributed by atoms with Crippen LogP contribution in [0.3, 0.4) is 0 Å². The zero-order valence-electron chi connectivity index (χ0n) is 21.4. The van der Waals surface area contributed by atoms with Crippen molar-refractivity contribution >= 4 is 39.1 Å². The molecule has 3 aromatic rings. The summed E-state index contributed by atoms with van der Waals surface area (Å²) in [6.07, 6.45) is 0. The number of nitrogens with one attached hydrogen (secondary N) is 1. The van der Waals surface area contributed by atoms with Gasteiger partial charge >= 0.3 is 0 Å². The molecule has 0 unspecified atom stereocenters. The van der Waals surface area contributed by atoms with Gasteiger partial charge in [-0.25, -0.2) is 8.42 Å². The van der Waals surface area contributed by atoms with Crippen LogP contribution in [0.4, 0.5) is 5.69 Å². The first-order valence-corrected chi connectivity index (χ1v) is 13.8. The SMILES string of the molecule is Cc1ccc(CN(C(=O)CN(c2ccccc2)S(=O)(=O)c2ccc(Cl)cc2)[C@@H](C)C(=O)NC(C)C)cc1. The Kier molecular flexibility index (Phi) is 9.34. The number of aryl methyl sites for hydroxylation is 1. The van der Waals surface area contributed by atoms with Crippen LogP contribution >= 0.6 is 11.6 Å². The van der Waals surface area contributed by atoms with Gasteiger partial charge < -0.3 is 10.2 Å². The van der Waals surface area contributed by atoms with Crippen molar-refractivity contribution in [3.63, 3.8) is 0 Å². The van der Waals surface area contributed by atoms with Crippen LogP contribution < -0.4 is 9.62 Å². The van der Waals surface area contributed by atoms with Crippen molar-refractivity contribution in [1.29, 1.82) is 0 Å². The molecule has 0 aliphatic carbocycles. The number of anilines is 1. The number of amides is 2. The molecule has 0 bridgehead atoms. The molecule has 0 fully saturated rings. The van der Waals surface area contributed by atoms with Crippen molar-refractivity contribution in [2.45, 2.75) is 51.2 Å². The van der Waals surface area contributed by atoms with Crippen molar-refractivity contribution in [2.75, 3.05) is 10.8 Å². The first-order chi connectivity index (χ1) is 17.5.